The van der Waals surface area contributed by atoms with Crippen molar-refractivity contribution in [1.29, 1.82) is 0 Å². The number of phosphoric acid groups is 1. The van der Waals surface area contributed by atoms with Crippen molar-refractivity contribution in [2.24, 2.45) is 0 Å². The fourth-order valence-electron chi connectivity index (χ4n) is 3.75. The number of hydrogen-bond acceptors (Lipinski definition) is 6. The maximum Gasteiger partial charge on any atom is 0.472 e. The summed E-state index contributed by atoms with van der Waals surface area (Å²) in [5.74, 6) is -0.600. The Labute approximate surface area is 230 Å². The Morgan fingerprint density at radius 3 is 1.78 bits per heavy atom. The Balaban J connectivity index is 4.02. The standard InChI is InChI=1S/C28H58NO7P/c1-6-7-8-9-10-11-12-13-14-15-16-17-18-19-20-21-23-33-25-28(36-27(2)30)26-35-37(31,32)34-24-22-29(3,4)5/h28H,6-26H2,1-5H3/p+1/t28-/m1/s1/i21T,23T/t21?,23?,28-. The van der Waals surface area contributed by atoms with E-state index in [0.29, 0.717) is 17.4 Å². The molecule has 3 unspecified atom stereocenters. The van der Waals surface area contributed by atoms with Gasteiger partial charge in [0.05, 0.1) is 35.7 Å². The largest absolute Gasteiger partial charge is 0.472 e. The number of rotatable bonds is 27. The van der Waals surface area contributed by atoms with Gasteiger partial charge in [0.15, 0.2) is 0 Å². The maximum absolute atomic E-state index is 12.1. The number of unbranched alkanes of at least 4 members (excludes halogenated alkanes) is 13. The highest BCUT2D eigenvalue weighted by Gasteiger charge is 2.25. The van der Waals surface area contributed by atoms with Gasteiger partial charge in [-0.3, -0.25) is 13.8 Å². The Morgan fingerprint density at radius 2 is 1.32 bits per heavy atom. The highest BCUT2D eigenvalue weighted by Crippen LogP contribution is 2.43. The van der Waals surface area contributed by atoms with E-state index in [1.807, 2.05) is 21.1 Å². The van der Waals surface area contributed by atoms with Crippen LogP contribution in [0.5, 0.6) is 0 Å². The summed E-state index contributed by atoms with van der Waals surface area (Å²) >= 11 is 0. The molecule has 0 radical (unpaired) electrons. The molecule has 0 spiro atoms. The van der Waals surface area contributed by atoms with Crippen LogP contribution in [0, 0.1) is 0 Å². The molecule has 0 aliphatic carbocycles. The first kappa shape index (κ1) is 32.7. The molecule has 8 nitrogen and oxygen atoms in total. The van der Waals surface area contributed by atoms with Gasteiger partial charge in [0, 0.05) is 14.9 Å². The lowest BCUT2D eigenvalue weighted by atomic mass is 10.0. The highest BCUT2D eigenvalue weighted by atomic mass is 31.2. The van der Waals surface area contributed by atoms with E-state index in [9.17, 15) is 14.3 Å². The average Bonchev–Trinajstić information content (AvgIpc) is 2.84. The van der Waals surface area contributed by atoms with Crippen LogP contribution in [0.15, 0.2) is 0 Å². The number of quaternary nitrogens is 1. The van der Waals surface area contributed by atoms with Gasteiger partial charge in [-0.05, 0) is 6.40 Å². The molecule has 0 fully saturated rings. The van der Waals surface area contributed by atoms with Gasteiger partial charge in [-0.25, -0.2) is 4.57 Å². The number of carbonyl (C=O) groups excluding carboxylic acids is 1. The van der Waals surface area contributed by atoms with Crippen molar-refractivity contribution in [3.05, 3.63) is 0 Å². The molecule has 0 saturated carbocycles. The first-order chi connectivity index (χ1) is 18.4. The van der Waals surface area contributed by atoms with Crippen LogP contribution >= 0.6 is 7.82 Å². The van der Waals surface area contributed by atoms with Crippen LogP contribution in [0.25, 0.3) is 0 Å². The molecule has 0 aromatic heterocycles. The maximum atomic E-state index is 12.1. The number of nitrogens with zero attached hydrogens (tertiary/aromatic N) is 1. The zero-order chi connectivity index (χ0) is 29.6. The van der Waals surface area contributed by atoms with Crippen LogP contribution in [0.1, 0.15) is 119 Å². The van der Waals surface area contributed by atoms with Crippen LogP contribution in [-0.4, -0.2) is 75.5 Å². The van der Waals surface area contributed by atoms with Gasteiger partial charge in [-0.2, -0.15) is 0 Å². The van der Waals surface area contributed by atoms with Gasteiger partial charge in [-0.15, -0.1) is 0 Å². The first-order valence-corrected chi connectivity index (χ1v) is 15.9. The predicted molar refractivity (Wildman–Crippen MR) is 151 cm³/mol. The summed E-state index contributed by atoms with van der Waals surface area (Å²) in [4.78, 5) is 21.3. The van der Waals surface area contributed by atoms with E-state index in [-0.39, 0.29) is 13.2 Å². The van der Waals surface area contributed by atoms with Crippen molar-refractivity contribution in [2.75, 3.05) is 54.1 Å². The minimum atomic E-state index is -4.32. The lowest BCUT2D eigenvalue weighted by Crippen LogP contribution is -2.37. The molecule has 0 aliphatic rings. The monoisotopic (exact) mass is 556 g/mol. The number of ether oxygens (including phenoxy) is 2. The third kappa shape index (κ3) is 28.3. The molecular formula is C28H59NO7P+. The normalized spacial score (nSPS) is 16.9. The third-order valence-corrected chi connectivity index (χ3v) is 6.96. The topological polar surface area (TPSA) is 91.3 Å². The highest BCUT2D eigenvalue weighted by molar-refractivity contribution is 7.47. The van der Waals surface area contributed by atoms with Crippen LogP contribution in [0.2, 0.25) is 0 Å². The summed E-state index contributed by atoms with van der Waals surface area (Å²) in [6, 6.07) is 0. The fraction of sp³-hybridized carbons (Fsp3) is 0.964. The van der Waals surface area contributed by atoms with Crippen molar-refractivity contribution < 1.29 is 40.0 Å². The Bertz CT molecular complexity index is 652. The fourth-order valence-corrected chi connectivity index (χ4v) is 4.49. The summed E-state index contributed by atoms with van der Waals surface area (Å²) in [5, 5.41) is 0. The predicted octanol–water partition coefficient (Wildman–Crippen LogP) is 7.04. The number of phosphoric ester groups is 1. The summed E-state index contributed by atoms with van der Waals surface area (Å²) in [6.45, 7) is 2.28. The van der Waals surface area contributed by atoms with Crippen LogP contribution in [0.4, 0.5) is 0 Å². The zero-order valence-electron chi connectivity index (χ0n) is 26.5. The molecule has 37 heavy (non-hydrogen) atoms. The van der Waals surface area contributed by atoms with Crippen LogP contribution in [-0.2, 0) is 27.9 Å². The molecule has 4 atom stereocenters. The lowest BCUT2D eigenvalue weighted by Gasteiger charge is -2.24. The van der Waals surface area contributed by atoms with Crippen molar-refractivity contribution >= 4 is 13.8 Å². The second-order valence-corrected chi connectivity index (χ2v) is 12.4. The molecule has 0 aromatic carbocycles. The Morgan fingerprint density at radius 1 is 0.838 bits per heavy atom. The molecule has 0 heterocycles. The second kappa shape index (κ2) is 23.4. The minimum absolute atomic E-state index is 0.0284. The van der Waals surface area contributed by atoms with Gasteiger partial charge in [0.25, 0.3) is 0 Å². The Hall–Kier alpha value is -0.500. The van der Waals surface area contributed by atoms with Gasteiger partial charge in [-0.1, -0.05) is 103 Å². The average molecular weight is 557 g/mol. The third-order valence-electron chi connectivity index (χ3n) is 5.97. The van der Waals surface area contributed by atoms with Crippen molar-refractivity contribution in [1.82, 2.24) is 0 Å². The smallest absolute Gasteiger partial charge is 0.458 e. The van der Waals surface area contributed by atoms with Crippen LogP contribution < -0.4 is 0 Å². The quantitative estimate of drug-likeness (QED) is 0.0502. The molecule has 0 bridgehead atoms. The van der Waals surface area contributed by atoms with Crippen molar-refractivity contribution in [2.45, 2.75) is 123 Å². The van der Waals surface area contributed by atoms with Crippen LogP contribution in [0.3, 0.4) is 0 Å². The number of esters is 1. The van der Waals surface area contributed by atoms with E-state index < -0.39 is 39.5 Å². The number of hydrogen-bond donors (Lipinski definition) is 1. The summed E-state index contributed by atoms with van der Waals surface area (Å²) in [5.41, 5.74) is 0. The molecule has 0 aliphatic heterocycles. The molecular weight excluding hydrogens is 493 g/mol. The van der Waals surface area contributed by atoms with E-state index in [2.05, 4.69) is 6.92 Å². The molecule has 222 valence electrons. The number of likely N-dealkylation sites (N-methyl/N-ethyl adjacent to an activating group) is 1. The van der Waals surface area contributed by atoms with E-state index >= 15 is 0 Å². The molecule has 0 saturated heterocycles. The summed E-state index contributed by atoms with van der Waals surface area (Å²) < 4.78 is 49.4. The van der Waals surface area contributed by atoms with E-state index in [4.69, 9.17) is 21.3 Å². The molecule has 9 heteroatoms. The van der Waals surface area contributed by atoms with Gasteiger partial charge < -0.3 is 18.9 Å². The van der Waals surface area contributed by atoms with Gasteiger partial charge >= 0.3 is 13.8 Å². The van der Waals surface area contributed by atoms with Crippen molar-refractivity contribution in [3.63, 3.8) is 0 Å². The Kier molecular flexibility index (Phi) is 20.7. The summed E-state index contributed by atoms with van der Waals surface area (Å²) in [6.07, 6.45) is 16.6. The lowest BCUT2D eigenvalue weighted by molar-refractivity contribution is -0.870. The first-order valence-electron chi connectivity index (χ1n) is 15.6. The van der Waals surface area contributed by atoms with Gasteiger partial charge in [0.1, 0.15) is 19.3 Å². The van der Waals surface area contributed by atoms with E-state index in [0.717, 1.165) is 19.3 Å². The van der Waals surface area contributed by atoms with Gasteiger partial charge in [0.2, 0.25) is 0 Å². The summed E-state index contributed by atoms with van der Waals surface area (Å²) in [7, 11) is 1.46. The van der Waals surface area contributed by atoms with E-state index in [1.54, 1.807) is 0 Å². The number of carbonyl (C=O) groups is 1. The minimum Gasteiger partial charge on any atom is -0.458 e. The molecule has 1 N–H and O–H groups in total. The SMILES string of the molecule is [3H]C(CCCCCCCCCCCCCCCC)C([3H])OC[C@H](COP(=O)(O)OCC[N+](C)(C)C)OC(C)=O. The van der Waals surface area contributed by atoms with E-state index in [1.165, 1.54) is 77.6 Å². The molecule has 0 rings (SSSR count). The van der Waals surface area contributed by atoms with Crippen molar-refractivity contribution in [3.8, 4) is 0 Å². The molecule has 0 aromatic rings. The molecule has 0 amide bonds. The zero-order valence-corrected chi connectivity index (χ0v) is 25.4. The second-order valence-electron chi connectivity index (χ2n) is 10.9.